The van der Waals surface area contributed by atoms with Gasteiger partial charge in [-0.2, -0.15) is 0 Å². The maximum atomic E-state index is 13.0. The lowest BCUT2D eigenvalue weighted by molar-refractivity contribution is -0.145. The van der Waals surface area contributed by atoms with E-state index in [1.54, 1.807) is 27.2 Å². The largest absolute Gasteiger partial charge is 0.543 e. The van der Waals surface area contributed by atoms with Gasteiger partial charge in [-0.15, -0.1) is 0 Å². The number of esters is 2. The van der Waals surface area contributed by atoms with E-state index in [9.17, 15) is 9.59 Å². The maximum absolute atomic E-state index is 13.0. The lowest BCUT2D eigenvalue weighted by Crippen LogP contribution is -2.44. The first-order valence-electron chi connectivity index (χ1n) is 11.7. The van der Waals surface area contributed by atoms with Gasteiger partial charge in [-0.3, -0.25) is 4.79 Å². The molecule has 2 atom stereocenters. The predicted molar refractivity (Wildman–Crippen MR) is 134 cm³/mol. The van der Waals surface area contributed by atoms with Gasteiger partial charge in [-0.25, -0.2) is 4.79 Å². The molecule has 0 fully saturated rings. The average molecular weight is 493 g/mol. The molecule has 0 saturated carbocycles. The Hall–Kier alpha value is -2.32. The van der Waals surface area contributed by atoms with Crippen LogP contribution in [-0.2, 0) is 19.0 Å². The summed E-state index contributed by atoms with van der Waals surface area (Å²) in [6.45, 7) is 16.7. The minimum atomic E-state index is -2.21. The van der Waals surface area contributed by atoms with Crippen molar-refractivity contribution in [2.75, 3.05) is 20.8 Å². The van der Waals surface area contributed by atoms with Crippen LogP contribution in [0.4, 0.5) is 0 Å². The Kier molecular flexibility index (Phi) is 8.99. The summed E-state index contributed by atoms with van der Waals surface area (Å²) < 4.78 is 28.5. The Morgan fingerprint density at radius 3 is 2.41 bits per heavy atom. The summed E-state index contributed by atoms with van der Waals surface area (Å²) in [6, 6.07) is 1.81. The summed E-state index contributed by atoms with van der Waals surface area (Å²) in [5.74, 6) is 0.482. The summed E-state index contributed by atoms with van der Waals surface area (Å²) in [4.78, 5) is 24.9. The van der Waals surface area contributed by atoms with Crippen LogP contribution in [0, 0.1) is 6.92 Å². The molecule has 8 heteroatoms. The Morgan fingerprint density at radius 1 is 1.24 bits per heavy atom. The summed E-state index contributed by atoms with van der Waals surface area (Å²) in [5, 5.41) is -0.0339. The van der Waals surface area contributed by atoms with Crippen molar-refractivity contribution in [3.05, 3.63) is 34.4 Å². The van der Waals surface area contributed by atoms with Crippen molar-refractivity contribution in [3.8, 4) is 11.5 Å². The Balaban J connectivity index is 2.41. The molecule has 1 aliphatic rings. The fourth-order valence-corrected chi connectivity index (χ4v) is 4.74. The van der Waals surface area contributed by atoms with Crippen LogP contribution in [0.3, 0.4) is 0 Å². The zero-order valence-corrected chi connectivity index (χ0v) is 23.3. The van der Waals surface area contributed by atoms with Crippen LogP contribution < -0.4 is 9.16 Å². The van der Waals surface area contributed by atoms with Crippen LogP contribution in [0.25, 0.3) is 0 Å². The Labute approximate surface area is 204 Å². The minimum absolute atomic E-state index is 0.0339. The first-order valence-corrected chi connectivity index (χ1v) is 14.6. The number of carbonyl (C=O) groups is 2. The van der Waals surface area contributed by atoms with Crippen molar-refractivity contribution < 1.29 is 33.0 Å². The monoisotopic (exact) mass is 492 g/mol. The second kappa shape index (κ2) is 10.9. The predicted octanol–water partition coefficient (Wildman–Crippen LogP) is 5.90. The molecule has 0 radical (unpaired) electrons. The van der Waals surface area contributed by atoms with Gasteiger partial charge in [0.15, 0.2) is 0 Å². The van der Waals surface area contributed by atoms with Crippen molar-refractivity contribution in [1.82, 2.24) is 0 Å². The van der Waals surface area contributed by atoms with Crippen molar-refractivity contribution in [1.29, 1.82) is 0 Å². The number of hydrogen-bond acceptors (Lipinski definition) is 7. The van der Waals surface area contributed by atoms with Crippen LogP contribution >= 0.6 is 0 Å². The topological polar surface area (TPSA) is 80.3 Å². The molecular weight excluding hydrogens is 452 g/mol. The molecule has 1 aromatic carbocycles. The maximum Gasteiger partial charge on any atom is 0.342 e. The van der Waals surface area contributed by atoms with E-state index < -0.39 is 20.5 Å². The number of fused-ring (bicyclic) bond motifs is 1. The number of methoxy groups -OCH3 is 2. The third-order valence-corrected chi connectivity index (χ3v) is 11.2. The van der Waals surface area contributed by atoms with Crippen LogP contribution in [0.2, 0.25) is 18.1 Å². The SMILES string of the molecule is CCOC(=O)CC(OC)C(C)=CCC1OC(=O)c2c(O[Si](C)(C)C(C)(C)C)cc(OC)c(C)c21. The van der Waals surface area contributed by atoms with E-state index >= 15 is 0 Å². The number of benzene rings is 1. The van der Waals surface area contributed by atoms with E-state index in [0.717, 1.165) is 16.7 Å². The van der Waals surface area contributed by atoms with Crippen molar-refractivity contribution in [2.45, 2.75) is 84.7 Å². The molecule has 1 aliphatic heterocycles. The lowest BCUT2D eigenvalue weighted by atomic mass is 9.95. The van der Waals surface area contributed by atoms with Crippen LogP contribution in [-0.4, -0.2) is 47.2 Å². The van der Waals surface area contributed by atoms with E-state index in [1.165, 1.54) is 0 Å². The number of cyclic esters (lactones) is 1. The molecule has 34 heavy (non-hydrogen) atoms. The van der Waals surface area contributed by atoms with Gasteiger partial charge in [0.25, 0.3) is 8.32 Å². The fraction of sp³-hybridized carbons (Fsp3) is 0.615. The number of ether oxygens (including phenoxy) is 4. The van der Waals surface area contributed by atoms with Gasteiger partial charge in [0, 0.05) is 25.2 Å². The van der Waals surface area contributed by atoms with Gasteiger partial charge >= 0.3 is 11.9 Å². The molecule has 0 aliphatic carbocycles. The van der Waals surface area contributed by atoms with Crippen molar-refractivity contribution in [2.24, 2.45) is 0 Å². The highest BCUT2D eigenvalue weighted by Gasteiger charge is 2.43. The smallest absolute Gasteiger partial charge is 0.342 e. The zero-order valence-electron chi connectivity index (χ0n) is 22.3. The van der Waals surface area contributed by atoms with Crippen LogP contribution in [0.5, 0.6) is 11.5 Å². The summed E-state index contributed by atoms with van der Waals surface area (Å²) in [5.41, 5.74) is 3.01. The zero-order chi connectivity index (χ0) is 25.8. The quantitative estimate of drug-likeness (QED) is 0.228. The number of hydrogen-bond donors (Lipinski definition) is 0. The molecule has 1 aromatic rings. The molecule has 2 rings (SSSR count). The molecule has 0 bridgehead atoms. The van der Waals surface area contributed by atoms with Gasteiger partial charge in [-0.05, 0) is 50.0 Å². The Morgan fingerprint density at radius 2 is 1.88 bits per heavy atom. The molecule has 190 valence electrons. The standard InChI is InChI=1S/C26H40O7Si/c1-11-31-22(27)15-19(29-7)16(2)12-13-18-23-17(3)20(30-8)14-21(24(23)25(28)32-18)33-34(9,10)26(4,5)6/h12,14,18-19H,11,13,15H2,1-10H3. The highest BCUT2D eigenvalue weighted by atomic mass is 28.4. The molecule has 2 unspecified atom stereocenters. The first kappa shape index (κ1) is 27.9. The molecule has 7 nitrogen and oxygen atoms in total. The van der Waals surface area contributed by atoms with Gasteiger partial charge in [0.2, 0.25) is 0 Å². The summed E-state index contributed by atoms with van der Waals surface area (Å²) >= 11 is 0. The normalized spacial score (nSPS) is 17.2. The molecular formula is C26H40O7Si. The van der Waals surface area contributed by atoms with Crippen LogP contribution in [0.15, 0.2) is 17.7 Å². The van der Waals surface area contributed by atoms with Gasteiger partial charge in [-0.1, -0.05) is 26.8 Å². The molecule has 0 spiro atoms. The molecule has 0 saturated heterocycles. The number of carbonyl (C=O) groups excluding carboxylic acids is 2. The van der Waals surface area contributed by atoms with E-state index in [-0.39, 0.29) is 23.4 Å². The highest BCUT2D eigenvalue weighted by Crippen LogP contribution is 2.47. The second-order valence-corrected chi connectivity index (χ2v) is 14.9. The lowest BCUT2D eigenvalue weighted by Gasteiger charge is -2.37. The van der Waals surface area contributed by atoms with Crippen LogP contribution in [0.1, 0.15) is 75.0 Å². The van der Waals surface area contributed by atoms with Gasteiger partial charge in [0.05, 0.1) is 26.2 Å². The van der Waals surface area contributed by atoms with E-state index in [2.05, 4.69) is 33.9 Å². The minimum Gasteiger partial charge on any atom is -0.543 e. The third kappa shape index (κ3) is 6.02. The van der Waals surface area contributed by atoms with Gasteiger partial charge in [0.1, 0.15) is 23.2 Å². The Bertz CT molecular complexity index is 943. The molecule has 0 aromatic heterocycles. The van der Waals surface area contributed by atoms with Crippen molar-refractivity contribution in [3.63, 3.8) is 0 Å². The van der Waals surface area contributed by atoms with E-state index in [0.29, 0.717) is 30.1 Å². The highest BCUT2D eigenvalue weighted by molar-refractivity contribution is 6.74. The first-order chi connectivity index (χ1) is 15.8. The fourth-order valence-electron chi connectivity index (χ4n) is 3.72. The summed E-state index contributed by atoms with van der Waals surface area (Å²) in [6.07, 6.45) is 1.65. The second-order valence-electron chi connectivity index (χ2n) is 10.2. The molecule has 0 amide bonds. The molecule has 0 N–H and O–H groups in total. The van der Waals surface area contributed by atoms with Gasteiger partial charge < -0.3 is 23.4 Å². The average Bonchev–Trinajstić information content (AvgIpc) is 3.08. The molecule has 1 heterocycles. The third-order valence-electron chi connectivity index (χ3n) is 6.82. The van der Waals surface area contributed by atoms with E-state index in [4.69, 9.17) is 23.4 Å². The summed E-state index contributed by atoms with van der Waals surface area (Å²) in [7, 11) is 0.965. The van der Waals surface area contributed by atoms with Crippen molar-refractivity contribution >= 4 is 20.3 Å². The van der Waals surface area contributed by atoms with E-state index in [1.807, 2.05) is 19.9 Å². The number of rotatable bonds is 10.